The summed E-state index contributed by atoms with van der Waals surface area (Å²) in [5.74, 6) is 0.938. The molecule has 0 radical (unpaired) electrons. The fourth-order valence-electron chi connectivity index (χ4n) is 0.940. The SMILES string of the molecule is CC(C)(C)CC1=NCCO1. The van der Waals surface area contributed by atoms with Gasteiger partial charge >= 0.3 is 0 Å². The quantitative estimate of drug-likeness (QED) is 0.546. The number of nitrogens with zero attached hydrogens (tertiary/aromatic N) is 1. The topological polar surface area (TPSA) is 21.6 Å². The molecule has 0 amide bonds. The Morgan fingerprint density at radius 2 is 2.20 bits per heavy atom. The highest BCUT2D eigenvalue weighted by atomic mass is 16.5. The molecular weight excluding hydrogens is 126 g/mol. The smallest absolute Gasteiger partial charge is 0.183 e. The molecule has 0 aromatic heterocycles. The zero-order chi connectivity index (χ0) is 7.61. The van der Waals surface area contributed by atoms with E-state index in [-0.39, 0.29) is 0 Å². The molecule has 0 aromatic rings. The molecule has 1 aliphatic heterocycles. The van der Waals surface area contributed by atoms with Gasteiger partial charge in [-0.05, 0) is 5.41 Å². The van der Waals surface area contributed by atoms with Gasteiger partial charge in [-0.2, -0.15) is 0 Å². The van der Waals surface area contributed by atoms with E-state index >= 15 is 0 Å². The molecule has 58 valence electrons. The number of hydrogen-bond donors (Lipinski definition) is 0. The Balaban J connectivity index is 2.38. The molecule has 1 heterocycles. The van der Waals surface area contributed by atoms with E-state index in [1.165, 1.54) is 0 Å². The van der Waals surface area contributed by atoms with Gasteiger partial charge in [0.05, 0.1) is 6.54 Å². The minimum absolute atomic E-state index is 0.309. The number of ether oxygens (including phenoxy) is 1. The summed E-state index contributed by atoms with van der Waals surface area (Å²) in [7, 11) is 0. The summed E-state index contributed by atoms with van der Waals surface area (Å²) in [5, 5.41) is 0. The second-order valence-corrected chi connectivity index (χ2v) is 3.86. The summed E-state index contributed by atoms with van der Waals surface area (Å²) >= 11 is 0. The first-order valence-corrected chi connectivity index (χ1v) is 3.74. The highest BCUT2D eigenvalue weighted by molar-refractivity contribution is 5.77. The van der Waals surface area contributed by atoms with Gasteiger partial charge in [-0.25, -0.2) is 0 Å². The van der Waals surface area contributed by atoms with Crippen molar-refractivity contribution in [1.82, 2.24) is 0 Å². The van der Waals surface area contributed by atoms with Gasteiger partial charge < -0.3 is 4.74 Å². The number of hydrogen-bond acceptors (Lipinski definition) is 2. The molecule has 1 aliphatic rings. The molecule has 0 saturated heterocycles. The normalized spacial score (nSPS) is 18.5. The summed E-state index contributed by atoms with van der Waals surface area (Å²) in [4.78, 5) is 4.22. The highest BCUT2D eigenvalue weighted by Crippen LogP contribution is 2.20. The molecule has 2 nitrogen and oxygen atoms in total. The molecule has 1 rings (SSSR count). The largest absolute Gasteiger partial charge is 0.479 e. The zero-order valence-corrected chi connectivity index (χ0v) is 6.98. The fourth-order valence-corrected chi connectivity index (χ4v) is 0.940. The zero-order valence-electron chi connectivity index (χ0n) is 6.98. The van der Waals surface area contributed by atoms with E-state index in [1.54, 1.807) is 0 Å². The molecule has 0 aromatic carbocycles. The maximum atomic E-state index is 5.28. The third-order valence-electron chi connectivity index (χ3n) is 1.33. The third kappa shape index (κ3) is 2.38. The molecule has 0 atom stereocenters. The second-order valence-electron chi connectivity index (χ2n) is 3.86. The van der Waals surface area contributed by atoms with E-state index in [4.69, 9.17) is 4.74 Å². The van der Waals surface area contributed by atoms with Crippen LogP contribution in [0.4, 0.5) is 0 Å². The minimum atomic E-state index is 0.309. The molecule has 0 fully saturated rings. The van der Waals surface area contributed by atoms with Crippen LogP contribution in [-0.2, 0) is 4.74 Å². The first kappa shape index (κ1) is 7.58. The van der Waals surface area contributed by atoms with Gasteiger partial charge in [-0.3, -0.25) is 4.99 Å². The fraction of sp³-hybridized carbons (Fsp3) is 0.875. The Labute approximate surface area is 62.3 Å². The Morgan fingerprint density at radius 1 is 1.50 bits per heavy atom. The second kappa shape index (κ2) is 2.60. The highest BCUT2D eigenvalue weighted by Gasteiger charge is 2.17. The summed E-state index contributed by atoms with van der Waals surface area (Å²) in [6.45, 7) is 8.21. The van der Waals surface area contributed by atoms with Crippen molar-refractivity contribution < 1.29 is 4.74 Å². The minimum Gasteiger partial charge on any atom is -0.479 e. The molecule has 0 bridgehead atoms. The van der Waals surface area contributed by atoms with Crippen molar-refractivity contribution in [2.45, 2.75) is 27.2 Å². The van der Waals surface area contributed by atoms with Crippen molar-refractivity contribution in [2.75, 3.05) is 13.2 Å². The summed E-state index contributed by atoms with van der Waals surface area (Å²) in [6, 6.07) is 0. The van der Waals surface area contributed by atoms with Crippen LogP contribution in [0, 0.1) is 5.41 Å². The molecular formula is C8H15NO. The average molecular weight is 141 g/mol. The maximum Gasteiger partial charge on any atom is 0.183 e. The van der Waals surface area contributed by atoms with E-state index in [1.807, 2.05) is 0 Å². The molecule has 0 saturated carbocycles. The van der Waals surface area contributed by atoms with E-state index in [0.717, 1.165) is 25.5 Å². The van der Waals surface area contributed by atoms with Crippen molar-refractivity contribution in [2.24, 2.45) is 10.4 Å². The lowest BCUT2D eigenvalue weighted by Gasteiger charge is -2.16. The lowest BCUT2D eigenvalue weighted by molar-refractivity contribution is 0.312. The van der Waals surface area contributed by atoms with Gasteiger partial charge in [0.25, 0.3) is 0 Å². The average Bonchev–Trinajstić information content (AvgIpc) is 2.12. The molecule has 0 N–H and O–H groups in total. The summed E-state index contributed by atoms with van der Waals surface area (Å²) in [6.07, 6.45) is 0.965. The van der Waals surface area contributed by atoms with Crippen LogP contribution in [0.5, 0.6) is 0 Å². The molecule has 10 heavy (non-hydrogen) atoms. The van der Waals surface area contributed by atoms with Crippen LogP contribution < -0.4 is 0 Å². The summed E-state index contributed by atoms with van der Waals surface area (Å²) < 4.78 is 5.28. The number of rotatable bonds is 1. The Kier molecular flexibility index (Phi) is 1.97. The van der Waals surface area contributed by atoms with E-state index in [9.17, 15) is 0 Å². The van der Waals surface area contributed by atoms with Crippen LogP contribution in [0.15, 0.2) is 4.99 Å². The Morgan fingerprint density at radius 3 is 2.60 bits per heavy atom. The Hall–Kier alpha value is -0.530. The molecule has 0 spiro atoms. The first-order valence-electron chi connectivity index (χ1n) is 3.74. The maximum absolute atomic E-state index is 5.28. The van der Waals surface area contributed by atoms with Crippen LogP contribution in [-0.4, -0.2) is 19.0 Å². The lowest BCUT2D eigenvalue weighted by Crippen LogP contribution is -2.12. The van der Waals surface area contributed by atoms with Gasteiger partial charge in [0.15, 0.2) is 5.90 Å². The van der Waals surface area contributed by atoms with E-state index < -0.39 is 0 Å². The van der Waals surface area contributed by atoms with E-state index in [0.29, 0.717) is 5.41 Å². The van der Waals surface area contributed by atoms with Gasteiger partial charge in [-0.1, -0.05) is 20.8 Å². The van der Waals surface area contributed by atoms with Gasteiger partial charge in [0.2, 0.25) is 0 Å². The Bertz CT molecular complexity index is 144. The van der Waals surface area contributed by atoms with Crippen molar-refractivity contribution in [3.63, 3.8) is 0 Å². The standard InChI is InChI=1S/C8H15NO/c1-8(2,3)6-7-9-4-5-10-7/h4-6H2,1-3H3. The van der Waals surface area contributed by atoms with Crippen molar-refractivity contribution >= 4 is 5.90 Å². The molecule has 2 heteroatoms. The van der Waals surface area contributed by atoms with Gasteiger partial charge in [-0.15, -0.1) is 0 Å². The van der Waals surface area contributed by atoms with E-state index in [2.05, 4.69) is 25.8 Å². The number of aliphatic imine (C=N–C) groups is 1. The van der Waals surface area contributed by atoms with Gasteiger partial charge in [0, 0.05) is 6.42 Å². The van der Waals surface area contributed by atoms with Crippen molar-refractivity contribution in [3.8, 4) is 0 Å². The molecule has 0 aliphatic carbocycles. The molecule has 0 unspecified atom stereocenters. The monoisotopic (exact) mass is 141 g/mol. The third-order valence-corrected chi connectivity index (χ3v) is 1.33. The first-order chi connectivity index (χ1) is 4.58. The summed E-state index contributed by atoms with van der Waals surface area (Å²) in [5.41, 5.74) is 0.309. The van der Waals surface area contributed by atoms with Crippen LogP contribution in [0.1, 0.15) is 27.2 Å². The van der Waals surface area contributed by atoms with Gasteiger partial charge in [0.1, 0.15) is 6.61 Å². The van der Waals surface area contributed by atoms with Crippen LogP contribution >= 0.6 is 0 Å². The lowest BCUT2D eigenvalue weighted by atomic mass is 9.92. The van der Waals surface area contributed by atoms with Crippen molar-refractivity contribution in [3.05, 3.63) is 0 Å². The predicted molar refractivity (Wildman–Crippen MR) is 42.3 cm³/mol. The predicted octanol–water partition coefficient (Wildman–Crippen LogP) is 1.85. The van der Waals surface area contributed by atoms with Crippen molar-refractivity contribution in [1.29, 1.82) is 0 Å². The van der Waals surface area contributed by atoms with Crippen LogP contribution in [0.3, 0.4) is 0 Å². The van der Waals surface area contributed by atoms with Crippen LogP contribution in [0.2, 0.25) is 0 Å². The van der Waals surface area contributed by atoms with Crippen LogP contribution in [0.25, 0.3) is 0 Å².